The Hall–Kier alpha value is -3.22. The van der Waals surface area contributed by atoms with Crippen LogP contribution in [-0.4, -0.2) is 33.0 Å². The third-order valence-corrected chi connectivity index (χ3v) is 10.0. The molecule has 42 heavy (non-hydrogen) atoms. The Balaban J connectivity index is 1.05. The highest BCUT2D eigenvalue weighted by atomic mass is 15.0. The lowest BCUT2D eigenvalue weighted by molar-refractivity contribution is 0.299. The summed E-state index contributed by atoms with van der Waals surface area (Å²) in [6, 6.07) is 17.9. The predicted octanol–water partition coefficient (Wildman–Crippen LogP) is 8.60. The monoisotopic (exact) mass is 564 g/mol. The molecule has 0 unspecified atom stereocenters. The number of aromatic nitrogens is 4. The molecule has 0 amide bonds. The fraction of sp³-hybridized carbons (Fsp3) is 0.500. The summed E-state index contributed by atoms with van der Waals surface area (Å²) in [4.78, 5) is 16.5. The first-order valence-corrected chi connectivity index (χ1v) is 16.1. The average molecular weight is 565 g/mol. The zero-order valence-electron chi connectivity index (χ0n) is 25.9. The molecule has 6 heteroatoms. The van der Waals surface area contributed by atoms with E-state index in [1.807, 2.05) is 12.4 Å². The van der Waals surface area contributed by atoms with Crippen LogP contribution in [0.15, 0.2) is 60.9 Å². The summed E-state index contributed by atoms with van der Waals surface area (Å²) >= 11 is 0. The summed E-state index contributed by atoms with van der Waals surface area (Å²) < 4.78 is 0. The summed E-state index contributed by atoms with van der Waals surface area (Å²) in [7, 11) is 0. The fourth-order valence-corrected chi connectivity index (χ4v) is 6.89. The van der Waals surface area contributed by atoms with Gasteiger partial charge in [0.2, 0.25) is 0 Å². The topological polar surface area (TPSA) is 81.4 Å². The number of nitrogens with zero attached hydrogens (tertiary/aromatic N) is 2. The van der Waals surface area contributed by atoms with E-state index in [2.05, 4.69) is 96.8 Å². The number of H-pyrrole nitrogens is 2. The molecule has 4 N–H and O–H groups in total. The van der Waals surface area contributed by atoms with Crippen molar-refractivity contribution in [3.05, 3.63) is 72.6 Å². The third-order valence-electron chi connectivity index (χ3n) is 10.0. The molecule has 4 aromatic rings. The number of hydrogen-bond donors (Lipinski definition) is 4. The van der Waals surface area contributed by atoms with Gasteiger partial charge in [-0.15, -0.1) is 0 Å². The highest BCUT2D eigenvalue weighted by molar-refractivity contribution is 5.71. The Labute approximate surface area is 251 Å². The molecule has 6 nitrogen and oxygen atoms in total. The number of benzene rings is 2. The van der Waals surface area contributed by atoms with E-state index in [9.17, 15) is 0 Å². The van der Waals surface area contributed by atoms with Gasteiger partial charge in [-0.2, -0.15) is 0 Å². The molecule has 2 aromatic carbocycles. The lowest BCUT2D eigenvalue weighted by atomic mass is 9.88. The highest BCUT2D eigenvalue weighted by Gasteiger charge is 2.30. The molecule has 2 aliphatic carbocycles. The summed E-state index contributed by atoms with van der Waals surface area (Å²) in [5.74, 6) is 2.00. The first-order chi connectivity index (χ1) is 20.3. The second-order valence-corrected chi connectivity index (χ2v) is 13.8. The van der Waals surface area contributed by atoms with Gasteiger partial charge in [0, 0.05) is 13.1 Å². The first kappa shape index (κ1) is 28.9. The SMILES string of the molecule is C[C@H](NCC1(C)CCCC1)c1ncc(-c2ccc(-c3ccc(-c4cnc([C@H](C)NCC5(C)CCCC5)[nH]4)cc3)cc2)[nH]1. The molecule has 222 valence electrons. The normalized spacial score (nSPS) is 19.2. The van der Waals surface area contributed by atoms with E-state index in [4.69, 9.17) is 9.97 Å². The minimum Gasteiger partial charge on any atom is -0.341 e. The molecular weight excluding hydrogens is 516 g/mol. The van der Waals surface area contributed by atoms with E-state index in [1.165, 1.54) is 62.5 Å². The summed E-state index contributed by atoms with van der Waals surface area (Å²) in [6.45, 7) is 11.3. The van der Waals surface area contributed by atoms with E-state index in [1.54, 1.807) is 0 Å². The van der Waals surface area contributed by atoms with Gasteiger partial charge in [0.1, 0.15) is 11.6 Å². The maximum atomic E-state index is 4.69. The van der Waals surface area contributed by atoms with Gasteiger partial charge >= 0.3 is 0 Å². The smallest absolute Gasteiger partial charge is 0.123 e. The number of nitrogens with one attached hydrogen (secondary N) is 4. The molecule has 0 spiro atoms. The van der Waals surface area contributed by atoms with Crippen LogP contribution in [0.2, 0.25) is 0 Å². The molecule has 2 aliphatic rings. The largest absolute Gasteiger partial charge is 0.341 e. The number of aromatic amines is 2. The molecule has 2 fully saturated rings. The van der Waals surface area contributed by atoms with E-state index in [0.717, 1.165) is 47.3 Å². The third kappa shape index (κ3) is 6.55. The summed E-state index contributed by atoms with van der Waals surface area (Å²) in [5, 5.41) is 7.43. The lowest BCUT2D eigenvalue weighted by Gasteiger charge is -2.25. The van der Waals surface area contributed by atoms with Crippen LogP contribution in [0.4, 0.5) is 0 Å². The van der Waals surface area contributed by atoms with Crippen molar-refractivity contribution in [3.63, 3.8) is 0 Å². The minimum absolute atomic E-state index is 0.208. The molecule has 2 atom stereocenters. The second kappa shape index (κ2) is 12.2. The Morgan fingerprint density at radius 2 is 0.929 bits per heavy atom. The molecule has 2 saturated carbocycles. The summed E-state index contributed by atoms with van der Waals surface area (Å²) in [6.07, 6.45) is 14.7. The molecule has 0 saturated heterocycles. The van der Waals surface area contributed by atoms with Gasteiger partial charge in [0.25, 0.3) is 0 Å². The van der Waals surface area contributed by atoms with Crippen molar-refractivity contribution in [2.45, 2.75) is 91.1 Å². The van der Waals surface area contributed by atoms with Crippen molar-refractivity contribution in [2.24, 2.45) is 10.8 Å². The van der Waals surface area contributed by atoms with Crippen molar-refractivity contribution in [1.29, 1.82) is 0 Å². The van der Waals surface area contributed by atoms with Crippen molar-refractivity contribution in [3.8, 4) is 33.6 Å². The van der Waals surface area contributed by atoms with Gasteiger partial charge in [-0.05, 0) is 72.6 Å². The minimum atomic E-state index is 0.208. The van der Waals surface area contributed by atoms with Crippen LogP contribution in [0.3, 0.4) is 0 Å². The van der Waals surface area contributed by atoms with Crippen LogP contribution in [0.1, 0.15) is 103 Å². The van der Waals surface area contributed by atoms with Crippen LogP contribution < -0.4 is 10.6 Å². The Bertz CT molecular complexity index is 1320. The zero-order chi connectivity index (χ0) is 29.2. The van der Waals surface area contributed by atoms with E-state index >= 15 is 0 Å². The average Bonchev–Trinajstić information content (AvgIpc) is 3.83. The van der Waals surface area contributed by atoms with Crippen LogP contribution >= 0.6 is 0 Å². The molecule has 0 radical (unpaired) electrons. The quantitative estimate of drug-likeness (QED) is 0.147. The number of imidazole rings is 2. The van der Waals surface area contributed by atoms with Crippen LogP contribution in [0.5, 0.6) is 0 Å². The maximum Gasteiger partial charge on any atom is 0.123 e. The van der Waals surface area contributed by atoms with E-state index < -0.39 is 0 Å². The second-order valence-electron chi connectivity index (χ2n) is 13.8. The zero-order valence-corrected chi connectivity index (χ0v) is 25.9. The lowest BCUT2D eigenvalue weighted by Crippen LogP contribution is -2.31. The van der Waals surface area contributed by atoms with Crippen molar-refractivity contribution < 1.29 is 0 Å². The van der Waals surface area contributed by atoms with Crippen molar-refractivity contribution >= 4 is 0 Å². The number of rotatable bonds is 11. The van der Waals surface area contributed by atoms with Crippen molar-refractivity contribution in [1.82, 2.24) is 30.6 Å². The molecule has 0 aliphatic heterocycles. The van der Waals surface area contributed by atoms with Gasteiger partial charge in [0.15, 0.2) is 0 Å². The Morgan fingerprint density at radius 1 is 0.595 bits per heavy atom. The predicted molar refractivity (Wildman–Crippen MR) is 173 cm³/mol. The Morgan fingerprint density at radius 3 is 1.29 bits per heavy atom. The number of hydrogen-bond acceptors (Lipinski definition) is 4. The molecule has 0 bridgehead atoms. The Kier molecular flexibility index (Phi) is 8.37. The molecule has 6 rings (SSSR count). The van der Waals surface area contributed by atoms with E-state index in [-0.39, 0.29) is 12.1 Å². The standard InChI is InChI=1S/C36H48N6/c1-25(39-23-35(3)17-5-6-18-35)33-37-21-31(41-33)29-13-9-27(10-14-29)28-11-15-30(16-12-28)32-22-38-34(42-32)26(2)40-24-36(4)19-7-8-20-36/h9-16,21-22,25-26,39-40H,5-8,17-20,23-24H2,1-4H3,(H,37,41)(H,38,42)/t25-,26-/m0/s1. The van der Waals surface area contributed by atoms with Crippen LogP contribution in [-0.2, 0) is 0 Å². The van der Waals surface area contributed by atoms with Gasteiger partial charge in [-0.25, -0.2) is 9.97 Å². The van der Waals surface area contributed by atoms with Gasteiger partial charge in [-0.3, -0.25) is 0 Å². The van der Waals surface area contributed by atoms with Gasteiger partial charge in [0.05, 0.1) is 35.9 Å². The molecule has 2 heterocycles. The van der Waals surface area contributed by atoms with E-state index in [0.29, 0.717) is 10.8 Å². The fourth-order valence-electron chi connectivity index (χ4n) is 6.89. The highest BCUT2D eigenvalue weighted by Crippen LogP contribution is 2.38. The van der Waals surface area contributed by atoms with Gasteiger partial charge in [-0.1, -0.05) is 88.1 Å². The molecule has 2 aromatic heterocycles. The van der Waals surface area contributed by atoms with Crippen molar-refractivity contribution in [2.75, 3.05) is 13.1 Å². The maximum absolute atomic E-state index is 4.69. The first-order valence-electron chi connectivity index (χ1n) is 16.1. The van der Waals surface area contributed by atoms with Gasteiger partial charge < -0.3 is 20.6 Å². The van der Waals surface area contributed by atoms with Crippen LogP contribution in [0, 0.1) is 10.8 Å². The molecular formula is C36H48N6. The van der Waals surface area contributed by atoms with Crippen LogP contribution in [0.25, 0.3) is 33.6 Å². The summed E-state index contributed by atoms with van der Waals surface area (Å²) in [5.41, 5.74) is 7.69.